The molecule has 1 aliphatic rings. The number of halogens is 1. The number of hydrogen-bond donors (Lipinski definition) is 1. The summed E-state index contributed by atoms with van der Waals surface area (Å²) in [6, 6.07) is 13.7. The summed E-state index contributed by atoms with van der Waals surface area (Å²) < 4.78 is 15.0. The number of benzene rings is 2. The molecule has 30 heavy (non-hydrogen) atoms. The summed E-state index contributed by atoms with van der Waals surface area (Å²) >= 11 is 0. The normalized spacial score (nSPS) is 13.6. The molecule has 0 saturated heterocycles. The third kappa shape index (κ3) is 3.47. The highest BCUT2D eigenvalue weighted by Crippen LogP contribution is 2.27. The van der Waals surface area contributed by atoms with Gasteiger partial charge in [-0.15, -0.1) is 0 Å². The molecular weight excluding hydrogens is 385 g/mol. The Hall–Kier alpha value is -3.48. The molecule has 0 fully saturated rings. The lowest BCUT2D eigenvalue weighted by Gasteiger charge is -2.34. The number of aromatic hydroxyl groups is 1. The second-order valence-electron chi connectivity index (χ2n) is 7.62. The Kier molecular flexibility index (Phi) is 5.11. The highest BCUT2D eigenvalue weighted by molar-refractivity contribution is 5.95. The zero-order chi connectivity index (χ0) is 21.4. The topological polar surface area (TPSA) is 75.4 Å². The number of carbonyl (C=O) groups excluding carboxylic acids is 1. The quantitative estimate of drug-likeness (QED) is 0.721. The van der Waals surface area contributed by atoms with Gasteiger partial charge in [0.25, 0.3) is 5.91 Å². The lowest BCUT2D eigenvalue weighted by molar-refractivity contribution is 0.0638. The predicted molar refractivity (Wildman–Crippen MR) is 111 cm³/mol. The third-order valence-corrected chi connectivity index (χ3v) is 5.41. The first-order valence-electron chi connectivity index (χ1n) is 9.84. The van der Waals surface area contributed by atoms with Crippen molar-refractivity contribution < 1.29 is 14.3 Å². The van der Waals surface area contributed by atoms with Gasteiger partial charge in [-0.25, -0.2) is 4.39 Å². The fourth-order valence-electron chi connectivity index (χ4n) is 3.88. The van der Waals surface area contributed by atoms with Gasteiger partial charge >= 0.3 is 5.56 Å². The van der Waals surface area contributed by atoms with Crippen LogP contribution in [0.3, 0.4) is 0 Å². The molecule has 0 radical (unpaired) electrons. The molecule has 1 aliphatic heterocycles. The Morgan fingerprint density at radius 2 is 1.77 bits per heavy atom. The monoisotopic (exact) mass is 407 g/mol. The minimum absolute atomic E-state index is 0.00999. The maximum atomic E-state index is 13.3. The van der Waals surface area contributed by atoms with Gasteiger partial charge in [0.05, 0.1) is 0 Å². The van der Waals surface area contributed by atoms with Gasteiger partial charge in [-0.3, -0.25) is 9.59 Å². The van der Waals surface area contributed by atoms with Crippen molar-refractivity contribution >= 4 is 5.91 Å². The first-order valence-corrected chi connectivity index (χ1v) is 9.84. The van der Waals surface area contributed by atoms with Gasteiger partial charge in [-0.2, -0.15) is 4.98 Å². The highest BCUT2D eigenvalue weighted by atomic mass is 19.1. The molecule has 0 saturated carbocycles. The first-order chi connectivity index (χ1) is 14.4. The van der Waals surface area contributed by atoms with Crippen molar-refractivity contribution in [2.75, 3.05) is 6.54 Å². The second kappa shape index (κ2) is 7.74. The predicted octanol–water partition coefficient (Wildman–Crippen LogP) is 3.21. The Balaban J connectivity index is 1.80. The largest absolute Gasteiger partial charge is 0.501 e. The molecule has 0 bridgehead atoms. The van der Waals surface area contributed by atoms with E-state index in [9.17, 15) is 19.1 Å². The van der Waals surface area contributed by atoms with E-state index in [-0.39, 0.29) is 23.5 Å². The van der Waals surface area contributed by atoms with Gasteiger partial charge in [-0.1, -0.05) is 36.4 Å². The Morgan fingerprint density at radius 3 is 2.47 bits per heavy atom. The number of amides is 1. The molecule has 154 valence electrons. The Bertz CT molecular complexity index is 1170. The molecule has 1 N–H and O–H groups in total. The summed E-state index contributed by atoms with van der Waals surface area (Å²) in [5, 5.41) is 10.3. The van der Waals surface area contributed by atoms with E-state index in [1.54, 1.807) is 21.6 Å². The Morgan fingerprint density at radius 1 is 1.07 bits per heavy atom. The van der Waals surface area contributed by atoms with Crippen molar-refractivity contribution in [2.24, 2.45) is 0 Å². The molecule has 2 heterocycles. The first kappa shape index (κ1) is 19.8. The van der Waals surface area contributed by atoms with Crippen LogP contribution in [0.4, 0.5) is 4.39 Å². The number of nitrogens with zero attached hydrogens (tertiary/aromatic N) is 3. The van der Waals surface area contributed by atoms with Crippen LogP contribution in [0, 0.1) is 5.82 Å². The third-order valence-electron chi connectivity index (χ3n) is 5.41. The van der Waals surface area contributed by atoms with Gasteiger partial charge in [0.1, 0.15) is 11.6 Å². The molecule has 7 heteroatoms. The number of aromatic nitrogens is 2. The SMILES string of the molecule is CC(C)N1CCn2c(Cc3ccccc3-c3ccc(F)cc3)nc(=O)c(O)c2C1=O. The molecule has 0 unspecified atom stereocenters. The zero-order valence-corrected chi connectivity index (χ0v) is 16.8. The molecule has 2 aromatic carbocycles. The summed E-state index contributed by atoms with van der Waals surface area (Å²) in [6.45, 7) is 4.70. The van der Waals surface area contributed by atoms with E-state index in [0.29, 0.717) is 25.3 Å². The molecule has 4 rings (SSSR count). The van der Waals surface area contributed by atoms with Crippen molar-refractivity contribution in [3.8, 4) is 16.9 Å². The fraction of sp³-hybridized carbons (Fsp3) is 0.261. The van der Waals surface area contributed by atoms with Crippen LogP contribution in [-0.4, -0.2) is 38.1 Å². The molecule has 0 aliphatic carbocycles. The van der Waals surface area contributed by atoms with Crippen LogP contribution in [0.2, 0.25) is 0 Å². The minimum atomic E-state index is -0.811. The van der Waals surface area contributed by atoms with Crippen molar-refractivity contribution in [2.45, 2.75) is 32.9 Å². The van der Waals surface area contributed by atoms with Gasteiger partial charge < -0.3 is 14.6 Å². The van der Waals surface area contributed by atoms with Crippen LogP contribution >= 0.6 is 0 Å². The minimum Gasteiger partial charge on any atom is -0.501 e. The number of rotatable bonds is 4. The second-order valence-corrected chi connectivity index (χ2v) is 7.62. The van der Waals surface area contributed by atoms with Crippen LogP contribution in [0.5, 0.6) is 5.75 Å². The average Bonchev–Trinajstić information content (AvgIpc) is 2.72. The molecular formula is C23H22FN3O3. The van der Waals surface area contributed by atoms with E-state index in [2.05, 4.69) is 4.98 Å². The molecule has 6 nitrogen and oxygen atoms in total. The van der Waals surface area contributed by atoms with Gasteiger partial charge in [-0.05, 0) is 42.7 Å². The van der Waals surface area contributed by atoms with Gasteiger partial charge in [0, 0.05) is 25.6 Å². The highest BCUT2D eigenvalue weighted by Gasteiger charge is 2.32. The van der Waals surface area contributed by atoms with Crippen LogP contribution in [0.1, 0.15) is 35.7 Å². The zero-order valence-electron chi connectivity index (χ0n) is 16.8. The number of hydrogen-bond acceptors (Lipinski definition) is 4. The fourth-order valence-corrected chi connectivity index (χ4v) is 3.88. The average molecular weight is 407 g/mol. The van der Waals surface area contributed by atoms with Gasteiger partial charge in [0.2, 0.25) is 5.75 Å². The van der Waals surface area contributed by atoms with E-state index in [1.807, 2.05) is 38.1 Å². The smallest absolute Gasteiger partial charge is 0.315 e. The standard InChI is InChI=1S/C23H22FN3O3/c1-14(2)26-11-12-27-19(25-22(29)21(28)20(27)23(26)30)13-16-5-3-4-6-18(16)15-7-9-17(24)10-8-15/h3-10,14,28H,11-13H2,1-2H3. The Labute approximate surface area is 173 Å². The number of carbonyl (C=O) groups is 1. The van der Waals surface area contributed by atoms with Crippen LogP contribution in [0.15, 0.2) is 53.3 Å². The molecule has 0 spiro atoms. The van der Waals surface area contributed by atoms with Crippen LogP contribution in [-0.2, 0) is 13.0 Å². The van der Waals surface area contributed by atoms with Crippen molar-refractivity contribution in [1.82, 2.24) is 14.5 Å². The van der Waals surface area contributed by atoms with E-state index in [0.717, 1.165) is 16.7 Å². The molecule has 1 aromatic heterocycles. The van der Waals surface area contributed by atoms with E-state index in [4.69, 9.17) is 0 Å². The van der Waals surface area contributed by atoms with Crippen LogP contribution < -0.4 is 5.56 Å². The lowest BCUT2D eigenvalue weighted by Crippen LogP contribution is -2.46. The summed E-state index contributed by atoms with van der Waals surface area (Å²) in [4.78, 5) is 30.9. The summed E-state index contributed by atoms with van der Waals surface area (Å²) in [6.07, 6.45) is 0.297. The van der Waals surface area contributed by atoms with Crippen molar-refractivity contribution in [3.63, 3.8) is 0 Å². The summed E-state index contributed by atoms with van der Waals surface area (Å²) in [7, 11) is 0. The molecule has 0 atom stereocenters. The van der Waals surface area contributed by atoms with E-state index >= 15 is 0 Å². The van der Waals surface area contributed by atoms with E-state index < -0.39 is 11.3 Å². The van der Waals surface area contributed by atoms with E-state index in [1.165, 1.54) is 12.1 Å². The maximum Gasteiger partial charge on any atom is 0.315 e. The van der Waals surface area contributed by atoms with Crippen molar-refractivity contribution in [1.29, 1.82) is 0 Å². The maximum absolute atomic E-state index is 13.3. The van der Waals surface area contributed by atoms with Crippen molar-refractivity contribution in [3.05, 3.63) is 81.8 Å². The van der Waals surface area contributed by atoms with Gasteiger partial charge in [0.15, 0.2) is 5.69 Å². The molecule has 3 aromatic rings. The summed E-state index contributed by atoms with van der Waals surface area (Å²) in [5.74, 6) is -0.883. The molecule has 1 amide bonds. The number of fused-ring (bicyclic) bond motifs is 1. The van der Waals surface area contributed by atoms with Crippen LogP contribution in [0.25, 0.3) is 11.1 Å². The summed E-state index contributed by atoms with van der Waals surface area (Å²) in [5.41, 5.74) is 1.79. The lowest BCUT2D eigenvalue weighted by atomic mass is 9.97.